The Kier molecular flexibility index (Phi) is 8.88. The molecule has 0 radical (unpaired) electrons. The number of benzene rings is 2. The van der Waals surface area contributed by atoms with Gasteiger partial charge in [-0.2, -0.15) is 0 Å². The molecule has 1 fully saturated rings. The molecule has 0 amide bonds. The molecule has 0 spiro atoms. The standard InChI is InChI=1S/C30H34O3/c1-22(2)16-18-32-28-12-8-24(9-13-28)20-26-6-5-7-27(30(26)31)21-25-10-14-29(15-11-25)33-19-17-23(3)4/h8-17,20-21H,5-7,18-19H2,1-4H3/b26-20+,27-21+. The number of carbonyl (C=O) groups is 1. The summed E-state index contributed by atoms with van der Waals surface area (Å²) in [5.74, 6) is 1.81. The van der Waals surface area contributed by atoms with Crippen LogP contribution in [0.1, 0.15) is 58.1 Å². The van der Waals surface area contributed by atoms with Crippen molar-refractivity contribution in [3.63, 3.8) is 0 Å². The predicted octanol–water partition coefficient (Wildman–Crippen LogP) is 7.60. The minimum absolute atomic E-state index is 0.147. The van der Waals surface area contributed by atoms with Crippen molar-refractivity contribution in [3.05, 3.63) is 94.1 Å². The maximum Gasteiger partial charge on any atom is 0.185 e. The van der Waals surface area contributed by atoms with Crippen molar-refractivity contribution in [3.8, 4) is 11.5 Å². The third-order valence-corrected chi connectivity index (χ3v) is 5.40. The van der Waals surface area contributed by atoms with Gasteiger partial charge in [-0.15, -0.1) is 0 Å². The van der Waals surface area contributed by atoms with Gasteiger partial charge < -0.3 is 9.47 Å². The van der Waals surface area contributed by atoms with Gasteiger partial charge in [0.15, 0.2) is 5.78 Å². The van der Waals surface area contributed by atoms with Crippen LogP contribution in [0.15, 0.2) is 83.0 Å². The summed E-state index contributed by atoms with van der Waals surface area (Å²) in [7, 11) is 0. The van der Waals surface area contributed by atoms with Crippen molar-refractivity contribution in [1.29, 1.82) is 0 Å². The van der Waals surface area contributed by atoms with E-state index in [9.17, 15) is 4.79 Å². The summed E-state index contributed by atoms with van der Waals surface area (Å²) >= 11 is 0. The summed E-state index contributed by atoms with van der Waals surface area (Å²) in [6, 6.07) is 15.8. The second kappa shape index (κ2) is 12.1. The van der Waals surface area contributed by atoms with Crippen molar-refractivity contribution < 1.29 is 14.3 Å². The molecule has 0 aromatic heterocycles. The fourth-order valence-corrected chi connectivity index (χ4v) is 3.51. The minimum atomic E-state index is 0.147. The van der Waals surface area contributed by atoms with Gasteiger partial charge in [0.2, 0.25) is 0 Å². The number of rotatable bonds is 8. The molecule has 0 N–H and O–H groups in total. The summed E-state index contributed by atoms with van der Waals surface area (Å²) in [5.41, 5.74) is 6.25. The van der Waals surface area contributed by atoms with Crippen LogP contribution in [0, 0.1) is 0 Å². The average Bonchev–Trinajstić information content (AvgIpc) is 2.78. The Morgan fingerprint density at radius 3 is 1.45 bits per heavy atom. The molecule has 0 saturated heterocycles. The number of hydrogen-bond acceptors (Lipinski definition) is 3. The molecule has 3 heteroatoms. The molecule has 0 heterocycles. The molecule has 0 unspecified atom stereocenters. The molecule has 1 saturated carbocycles. The van der Waals surface area contributed by atoms with Crippen LogP contribution in [-0.4, -0.2) is 19.0 Å². The van der Waals surface area contributed by atoms with E-state index in [2.05, 4.69) is 39.8 Å². The van der Waals surface area contributed by atoms with Gasteiger partial charge in [0.05, 0.1) is 0 Å². The number of ether oxygens (including phenoxy) is 2. The highest BCUT2D eigenvalue weighted by Crippen LogP contribution is 2.29. The van der Waals surface area contributed by atoms with Crippen molar-refractivity contribution in [1.82, 2.24) is 0 Å². The van der Waals surface area contributed by atoms with E-state index >= 15 is 0 Å². The van der Waals surface area contributed by atoms with E-state index in [1.807, 2.05) is 60.7 Å². The molecule has 3 nitrogen and oxygen atoms in total. The zero-order valence-corrected chi connectivity index (χ0v) is 20.2. The highest BCUT2D eigenvalue weighted by atomic mass is 16.5. The lowest BCUT2D eigenvalue weighted by molar-refractivity contribution is -0.112. The van der Waals surface area contributed by atoms with Gasteiger partial charge in [-0.25, -0.2) is 0 Å². The third-order valence-electron chi connectivity index (χ3n) is 5.40. The topological polar surface area (TPSA) is 35.5 Å². The lowest BCUT2D eigenvalue weighted by Crippen LogP contribution is -2.12. The number of ketones is 1. The number of carbonyl (C=O) groups excluding carboxylic acids is 1. The lowest BCUT2D eigenvalue weighted by Gasteiger charge is -2.17. The normalized spacial score (nSPS) is 15.9. The van der Waals surface area contributed by atoms with Crippen molar-refractivity contribution in [2.24, 2.45) is 0 Å². The maximum atomic E-state index is 13.1. The van der Waals surface area contributed by atoms with Crippen molar-refractivity contribution in [2.75, 3.05) is 13.2 Å². The zero-order chi connectivity index (χ0) is 23.6. The average molecular weight is 443 g/mol. The largest absolute Gasteiger partial charge is 0.490 e. The van der Waals surface area contributed by atoms with E-state index in [-0.39, 0.29) is 5.78 Å². The second-order valence-electron chi connectivity index (χ2n) is 8.84. The fraction of sp³-hybridized carbons (Fsp3) is 0.300. The van der Waals surface area contributed by atoms with Crippen LogP contribution in [0.25, 0.3) is 12.2 Å². The molecule has 1 aliphatic carbocycles. The van der Waals surface area contributed by atoms with E-state index in [0.29, 0.717) is 13.2 Å². The first-order chi connectivity index (χ1) is 15.9. The smallest absolute Gasteiger partial charge is 0.185 e. The van der Waals surface area contributed by atoms with Crippen LogP contribution in [0.2, 0.25) is 0 Å². The second-order valence-corrected chi connectivity index (χ2v) is 8.84. The van der Waals surface area contributed by atoms with Gasteiger partial charge in [0, 0.05) is 11.1 Å². The first-order valence-corrected chi connectivity index (χ1v) is 11.6. The van der Waals surface area contributed by atoms with Gasteiger partial charge in [-0.3, -0.25) is 4.79 Å². The van der Waals surface area contributed by atoms with Crippen LogP contribution in [-0.2, 0) is 4.79 Å². The Labute approximate surface area is 198 Å². The molecule has 172 valence electrons. The van der Waals surface area contributed by atoms with Gasteiger partial charge in [0.1, 0.15) is 24.7 Å². The summed E-state index contributed by atoms with van der Waals surface area (Å²) in [5, 5.41) is 0. The Bertz CT molecular complexity index is 971. The monoisotopic (exact) mass is 442 g/mol. The number of Topliss-reactive ketones (excluding diaryl/α,β-unsaturated/α-hetero) is 1. The molecule has 0 atom stereocenters. The quantitative estimate of drug-likeness (QED) is 0.312. The molecule has 2 aromatic rings. The SMILES string of the molecule is CC(C)=CCOc1ccc(/C=C2\CCC/C(=C\c3ccc(OCC=C(C)C)cc3)C2=O)cc1. The predicted molar refractivity (Wildman–Crippen MR) is 138 cm³/mol. The minimum Gasteiger partial charge on any atom is -0.490 e. The van der Waals surface area contributed by atoms with Gasteiger partial charge >= 0.3 is 0 Å². The van der Waals surface area contributed by atoms with Crippen LogP contribution in [0.5, 0.6) is 11.5 Å². The zero-order valence-electron chi connectivity index (χ0n) is 20.2. The van der Waals surface area contributed by atoms with E-state index in [4.69, 9.17) is 9.47 Å². The fourth-order valence-electron chi connectivity index (χ4n) is 3.51. The highest BCUT2D eigenvalue weighted by Gasteiger charge is 2.20. The highest BCUT2D eigenvalue weighted by molar-refractivity contribution is 6.13. The van der Waals surface area contributed by atoms with E-state index in [0.717, 1.165) is 53.0 Å². The summed E-state index contributed by atoms with van der Waals surface area (Å²) in [4.78, 5) is 13.1. The summed E-state index contributed by atoms with van der Waals surface area (Å²) < 4.78 is 11.4. The summed E-state index contributed by atoms with van der Waals surface area (Å²) in [6.45, 7) is 9.35. The van der Waals surface area contributed by atoms with Crippen molar-refractivity contribution in [2.45, 2.75) is 47.0 Å². The lowest BCUT2D eigenvalue weighted by atomic mass is 9.87. The number of allylic oxidation sites excluding steroid dienone is 4. The van der Waals surface area contributed by atoms with E-state index < -0.39 is 0 Å². The van der Waals surface area contributed by atoms with Gasteiger partial charge in [0.25, 0.3) is 0 Å². The molecule has 1 aliphatic rings. The first-order valence-electron chi connectivity index (χ1n) is 11.6. The Morgan fingerprint density at radius 1 is 0.697 bits per heavy atom. The Balaban J connectivity index is 1.65. The molecular weight excluding hydrogens is 408 g/mol. The van der Waals surface area contributed by atoms with Crippen molar-refractivity contribution >= 4 is 17.9 Å². The Hall–Kier alpha value is -3.33. The van der Waals surface area contributed by atoms with E-state index in [1.165, 1.54) is 11.1 Å². The molecule has 33 heavy (non-hydrogen) atoms. The third kappa shape index (κ3) is 7.94. The Morgan fingerprint density at radius 2 is 1.09 bits per heavy atom. The maximum absolute atomic E-state index is 13.1. The van der Waals surface area contributed by atoms with Gasteiger partial charge in [-0.05, 0) is 107 Å². The molecule has 2 aromatic carbocycles. The van der Waals surface area contributed by atoms with E-state index in [1.54, 1.807) is 0 Å². The van der Waals surface area contributed by atoms with Crippen LogP contribution in [0.3, 0.4) is 0 Å². The van der Waals surface area contributed by atoms with Crippen LogP contribution >= 0.6 is 0 Å². The van der Waals surface area contributed by atoms with Crippen LogP contribution in [0.4, 0.5) is 0 Å². The first kappa shape index (κ1) is 24.3. The number of hydrogen-bond donors (Lipinski definition) is 0. The van der Waals surface area contributed by atoms with Gasteiger partial charge in [-0.1, -0.05) is 35.4 Å². The molecule has 0 bridgehead atoms. The molecular formula is C30H34O3. The molecule has 3 rings (SSSR count). The van der Waals surface area contributed by atoms with Crippen LogP contribution < -0.4 is 9.47 Å². The molecule has 0 aliphatic heterocycles. The summed E-state index contributed by atoms with van der Waals surface area (Å²) in [6.07, 6.45) is 10.7.